The molecule has 0 atom stereocenters. The molecular formula is C28H20N4O7. The van der Waals surface area contributed by atoms with Crippen molar-refractivity contribution in [3.8, 4) is 5.75 Å². The third-order valence-corrected chi connectivity index (χ3v) is 5.14. The number of carbonyl (C=O) groups is 3. The van der Waals surface area contributed by atoms with Gasteiger partial charge in [0.15, 0.2) is 5.76 Å². The van der Waals surface area contributed by atoms with Gasteiger partial charge in [-0.2, -0.15) is 5.10 Å². The van der Waals surface area contributed by atoms with Crippen LogP contribution >= 0.6 is 0 Å². The predicted octanol–water partition coefficient (Wildman–Crippen LogP) is 4.82. The van der Waals surface area contributed by atoms with Crippen LogP contribution in [-0.4, -0.2) is 28.9 Å². The average molecular weight is 524 g/mol. The smallest absolute Gasteiger partial charge is 0.336 e. The van der Waals surface area contributed by atoms with E-state index in [9.17, 15) is 24.5 Å². The van der Waals surface area contributed by atoms with Gasteiger partial charge >= 0.3 is 5.97 Å². The molecule has 4 aromatic rings. The maximum Gasteiger partial charge on any atom is 0.336 e. The lowest BCUT2D eigenvalue weighted by molar-refractivity contribution is -0.384. The van der Waals surface area contributed by atoms with E-state index in [1.165, 1.54) is 61.0 Å². The minimum Gasteiger partial charge on any atom is -0.459 e. The number of nitro groups is 1. The number of benzene rings is 3. The highest BCUT2D eigenvalue weighted by atomic mass is 16.6. The fraction of sp³-hybridized carbons (Fsp3) is 0. The van der Waals surface area contributed by atoms with Crippen LogP contribution < -0.4 is 15.5 Å². The highest BCUT2D eigenvalue weighted by Gasteiger charge is 2.11. The van der Waals surface area contributed by atoms with Crippen molar-refractivity contribution in [2.24, 2.45) is 5.10 Å². The van der Waals surface area contributed by atoms with Crippen LogP contribution in [0.15, 0.2) is 107 Å². The van der Waals surface area contributed by atoms with E-state index in [0.29, 0.717) is 16.8 Å². The summed E-state index contributed by atoms with van der Waals surface area (Å²) in [5.41, 5.74) is 3.99. The fourth-order valence-corrected chi connectivity index (χ4v) is 3.26. The molecule has 0 aliphatic carbocycles. The van der Waals surface area contributed by atoms with Crippen LogP contribution in [0.1, 0.15) is 32.0 Å². The van der Waals surface area contributed by atoms with Crippen molar-refractivity contribution < 1.29 is 28.5 Å². The summed E-state index contributed by atoms with van der Waals surface area (Å²) in [6.45, 7) is 0. The number of carbonyl (C=O) groups excluding carboxylic acids is 3. The number of amides is 2. The standard InChI is InChI=1S/C28H20N4O7/c33-26(15-12-19-10-13-23(14-11-19)32(36)37)39-24-8-2-1-5-21(24)18-29-31-27(34)20-6-3-7-22(17-20)30-28(35)25-9-4-16-38-25/h1-18H,(H,30,35)(H,31,34)/b15-12+,29-18?. The quantitative estimate of drug-likeness (QED) is 0.0794. The Morgan fingerprint density at radius 2 is 1.72 bits per heavy atom. The SMILES string of the molecule is O=C(/C=C/c1ccc([N+](=O)[O-])cc1)Oc1ccccc1C=NNC(=O)c1cccc(NC(=O)c2ccco2)c1. The van der Waals surface area contributed by atoms with Crippen LogP contribution in [0.25, 0.3) is 6.08 Å². The van der Waals surface area contributed by atoms with Gasteiger partial charge in [-0.25, -0.2) is 10.2 Å². The van der Waals surface area contributed by atoms with Crippen molar-refractivity contribution in [2.45, 2.75) is 0 Å². The Morgan fingerprint density at radius 1 is 0.923 bits per heavy atom. The first kappa shape index (κ1) is 26.2. The van der Waals surface area contributed by atoms with E-state index in [-0.39, 0.29) is 22.8 Å². The second-order valence-corrected chi connectivity index (χ2v) is 7.85. The molecule has 1 aromatic heterocycles. The molecule has 0 fully saturated rings. The average Bonchev–Trinajstić information content (AvgIpc) is 3.49. The molecule has 194 valence electrons. The number of para-hydroxylation sites is 1. The van der Waals surface area contributed by atoms with E-state index in [2.05, 4.69) is 15.8 Å². The van der Waals surface area contributed by atoms with Gasteiger partial charge in [-0.15, -0.1) is 0 Å². The van der Waals surface area contributed by atoms with Crippen LogP contribution in [-0.2, 0) is 4.79 Å². The topological polar surface area (TPSA) is 153 Å². The van der Waals surface area contributed by atoms with Gasteiger partial charge < -0.3 is 14.5 Å². The summed E-state index contributed by atoms with van der Waals surface area (Å²) in [5.74, 6) is -1.32. The van der Waals surface area contributed by atoms with E-state index >= 15 is 0 Å². The molecule has 0 unspecified atom stereocenters. The number of esters is 1. The third kappa shape index (κ3) is 7.33. The van der Waals surface area contributed by atoms with E-state index in [1.54, 1.807) is 48.5 Å². The molecule has 0 saturated heterocycles. The van der Waals surface area contributed by atoms with Crippen LogP contribution in [0, 0.1) is 10.1 Å². The normalized spacial score (nSPS) is 10.9. The molecule has 11 nitrogen and oxygen atoms in total. The maximum absolute atomic E-state index is 12.6. The highest BCUT2D eigenvalue weighted by Crippen LogP contribution is 2.18. The van der Waals surface area contributed by atoms with E-state index in [1.807, 2.05) is 0 Å². The molecule has 1 heterocycles. The lowest BCUT2D eigenvalue weighted by Gasteiger charge is -2.06. The second-order valence-electron chi connectivity index (χ2n) is 7.85. The summed E-state index contributed by atoms with van der Waals surface area (Å²) in [4.78, 5) is 47.2. The zero-order valence-electron chi connectivity index (χ0n) is 20.1. The second kappa shape index (κ2) is 12.4. The van der Waals surface area contributed by atoms with Crippen LogP contribution in [0.2, 0.25) is 0 Å². The van der Waals surface area contributed by atoms with Crippen molar-refractivity contribution in [3.63, 3.8) is 0 Å². The number of anilines is 1. The molecule has 39 heavy (non-hydrogen) atoms. The summed E-state index contributed by atoms with van der Waals surface area (Å²) in [5, 5.41) is 17.3. The van der Waals surface area contributed by atoms with Gasteiger partial charge in [0.05, 0.1) is 17.4 Å². The van der Waals surface area contributed by atoms with Gasteiger partial charge in [0.25, 0.3) is 17.5 Å². The number of nitro benzene ring substituents is 1. The molecular weight excluding hydrogens is 504 g/mol. The maximum atomic E-state index is 12.6. The van der Waals surface area contributed by atoms with Gasteiger partial charge in [-0.3, -0.25) is 19.7 Å². The first-order chi connectivity index (χ1) is 18.9. The first-order valence-corrected chi connectivity index (χ1v) is 11.4. The minimum absolute atomic E-state index is 0.0560. The van der Waals surface area contributed by atoms with Crippen molar-refractivity contribution in [3.05, 3.63) is 130 Å². The Bertz CT molecular complexity index is 1560. The molecule has 3 aromatic carbocycles. The Morgan fingerprint density at radius 3 is 2.46 bits per heavy atom. The number of rotatable bonds is 9. The molecule has 0 saturated carbocycles. The van der Waals surface area contributed by atoms with Crippen molar-refractivity contribution in [1.29, 1.82) is 0 Å². The lowest BCUT2D eigenvalue weighted by atomic mass is 10.2. The Balaban J connectivity index is 1.35. The number of non-ortho nitro benzene ring substituents is 1. The van der Waals surface area contributed by atoms with E-state index < -0.39 is 22.7 Å². The molecule has 11 heteroatoms. The monoisotopic (exact) mass is 524 g/mol. The third-order valence-electron chi connectivity index (χ3n) is 5.14. The summed E-state index contributed by atoms with van der Waals surface area (Å²) < 4.78 is 10.4. The van der Waals surface area contributed by atoms with Crippen LogP contribution in [0.4, 0.5) is 11.4 Å². The molecule has 0 bridgehead atoms. The highest BCUT2D eigenvalue weighted by molar-refractivity contribution is 6.03. The zero-order chi connectivity index (χ0) is 27.6. The summed E-state index contributed by atoms with van der Waals surface area (Å²) in [6.07, 6.45) is 5.36. The molecule has 2 N–H and O–H groups in total. The summed E-state index contributed by atoms with van der Waals surface area (Å²) in [6, 6.07) is 21.6. The number of nitrogens with one attached hydrogen (secondary N) is 2. The molecule has 0 spiro atoms. The number of furan rings is 1. The number of hydrazone groups is 1. The van der Waals surface area contributed by atoms with Crippen molar-refractivity contribution in [2.75, 3.05) is 5.32 Å². The van der Waals surface area contributed by atoms with Gasteiger partial charge in [-0.1, -0.05) is 18.2 Å². The van der Waals surface area contributed by atoms with Crippen molar-refractivity contribution >= 4 is 41.4 Å². The van der Waals surface area contributed by atoms with E-state index in [0.717, 1.165) is 0 Å². The van der Waals surface area contributed by atoms with Crippen LogP contribution in [0.3, 0.4) is 0 Å². The number of nitrogens with zero attached hydrogens (tertiary/aromatic N) is 2. The van der Waals surface area contributed by atoms with Gasteiger partial charge in [0.2, 0.25) is 0 Å². The van der Waals surface area contributed by atoms with Gasteiger partial charge in [-0.05, 0) is 66.2 Å². The number of ether oxygens (including phenoxy) is 1. The van der Waals surface area contributed by atoms with Gasteiger partial charge in [0.1, 0.15) is 5.75 Å². The Hall–Kier alpha value is -5.84. The van der Waals surface area contributed by atoms with Crippen LogP contribution in [0.5, 0.6) is 5.75 Å². The minimum atomic E-state index is -0.674. The molecule has 0 aliphatic rings. The molecule has 2 amide bonds. The zero-order valence-corrected chi connectivity index (χ0v) is 20.1. The molecule has 0 aliphatic heterocycles. The fourth-order valence-electron chi connectivity index (χ4n) is 3.26. The summed E-state index contributed by atoms with van der Waals surface area (Å²) >= 11 is 0. The van der Waals surface area contributed by atoms with E-state index in [4.69, 9.17) is 9.15 Å². The predicted molar refractivity (Wildman–Crippen MR) is 142 cm³/mol. The first-order valence-electron chi connectivity index (χ1n) is 11.4. The Kier molecular flexibility index (Phi) is 8.35. The van der Waals surface area contributed by atoms with Gasteiger partial charge in [0, 0.05) is 35.0 Å². The molecule has 4 rings (SSSR count). The number of hydrogen-bond donors (Lipinski definition) is 2. The summed E-state index contributed by atoms with van der Waals surface area (Å²) in [7, 11) is 0. The molecule has 0 radical (unpaired) electrons. The van der Waals surface area contributed by atoms with Crippen molar-refractivity contribution in [1.82, 2.24) is 5.43 Å². The largest absolute Gasteiger partial charge is 0.459 e. The number of hydrogen-bond acceptors (Lipinski definition) is 8. The Labute approximate surface area is 221 Å². The lowest BCUT2D eigenvalue weighted by Crippen LogP contribution is -2.18.